The van der Waals surface area contributed by atoms with E-state index in [-0.39, 0.29) is 0 Å². The molecule has 1 aromatic heterocycles. The predicted molar refractivity (Wildman–Crippen MR) is 50.1 cm³/mol. The minimum atomic E-state index is 0.680. The maximum Gasteiger partial charge on any atom is 0.0516 e. The van der Waals surface area contributed by atoms with Crippen LogP contribution >= 0.6 is 22.9 Å². The minimum Gasteiger partial charge on any atom is -0.329 e. The SMILES string of the molecule is NCCNCc1cc(Cl)cs1. The summed E-state index contributed by atoms with van der Waals surface area (Å²) in [6.45, 7) is 2.41. The first-order valence-corrected chi connectivity index (χ1v) is 4.72. The molecule has 0 fully saturated rings. The maximum atomic E-state index is 5.73. The molecule has 0 unspecified atom stereocenters. The van der Waals surface area contributed by atoms with Gasteiger partial charge in [-0.15, -0.1) is 11.3 Å². The summed E-state index contributed by atoms with van der Waals surface area (Å²) in [5.74, 6) is 0. The molecule has 0 aliphatic heterocycles. The van der Waals surface area contributed by atoms with Gasteiger partial charge in [-0.3, -0.25) is 0 Å². The van der Waals surface area contributed by atoms with E-state index in [1.165, 1.54) is 4.88 Å². The average molecular weight is 191 g/mol. The Morgan fingerprint density at radius 3 is 3.00 bits per heavy atom. The Kier molecular flexibility index (Phi) is 3.86. The lowest BCUT2D eigenvalue weighted by Crippen LogP contribution is -2.21. The molecule has 0 bridgehead atoms. The van der Waals surface area contributed by atoms with Crippen molar-refractivity contribution in [2.75, 3.05) is 13.1 Å². The Hall–Kier alpha value is -0.0900. The molecule has 0 aromatic carbocycles. The van der Waals surface area contributed by atoms with Gasteiger partial charge in [0.25, 0.3) is 0 Å². The highest BCUT2D eigenvalue weighted by Crippen LogP contribution is 2.18. The number of nitrogens with two attached hydrogens (primary N) is 1. The number of rotatable bonds is 4. The van der Waals surface area contributed by atoms with Crippen LogP contribution in [0.5, 0.6) is 0 Å². The van der Waals surface area contributed by atoms with Crippen LogP contribution in [-0.4, -0.2) is 13.1 Å². The van der Waals surface area contributed by atoms with Gasteiger partial charge < -0.3 is 11.1 Å². The van der Waals surface area contributed by atoms with Crippen molar-refractivity contribution in [2.24, 2.45) is 5.73 Å². The van der Waals surface area contributed by atoms with Crippen LogP contribution in [0.15, 0.2) is 11.4 Å². The second kappa shape index (κ2) is 4.72. The number of thiophene rings is 1. The van der Waals surface area contributed by atoms with Crippen LogP contribution in [0.25, 0.3) is 0 Å². The van der Waals surface area contributed by atoms with E-state index in [0.29, 0.717) is 6.54 Å². The molecule has 1 rings (SSSR count). The van der Waals surface area contributed by atoms with Gasteiger partial charge in [0.05, 0.1) is 5.02 Å². The first-order chi connectivity index (χ1) is 5.33. The minimum absolute atomic E-state index is 0.680. The zero-order chi connectivity index (χ0) is 8.10. The zero-order valence-electron chi connectivity index (χ0n) is 6.14. The fourth-order valence-electron chi connectivity index (χ4n) is 0.760. The van der Waals surface area contributed by atoms with Crippen LogP contribution < -0.4 is 11.1 Å². The van der Waals surface area contributed by atoms with Gasteiger partial charge in [0.2, 0.25) is 0 Å². The monoisotopic (exact) mass is 190 g/mol. The highest BCUT2D eigenvalue weighted by atomic mass is 35.5. The largest absolute Gasteiger partial charge is 0.329 e. The molecule has 0 atom stereocenters. The molecule has 1 aromatic rings. The molecule has 0 aliphatic rings. The van der Waals surface area contributed by atoms with Gasteiger partial charge in [-0.05, 0) is 6.07 Å². The summed E-state index contributed by atoms with van der Waals surface area (Å²) in [4.78, 5) is 1.25. The number of hydrogen-bond acceptors (Lipinski definition) is 3. The van der Waals surface area contributed by atoms with Crippen molar-refractivity contribution in [3.63, 3.8) is 0 Å². The van der Waals surface area contributed by atoms with Gasteiger partial charge in [0, 0.05) is 29.9 Å². The van der Waals surface area contributed by atoms with Crippen LogP contribution in [0.3, 0.4) is 0 Å². The Morgan fingerprint density at radius 2 is 2.45 bits per heavy atom. The van der Waals surface area contributed by atoms with E-state index >= 15 is 0 Å². The second-order valence-electron chi connectivity index (χ2n) is 2.20. The summed E-state index contributed by atoms with van der Waals surface area (Å²) >= 11 is 7.40. The van der Waals surface area contributed by atoms with Crippen molar-refractivity contribution in [1.29, 1.82) is 0 Å². The molecule has 0 saturated carbocycles. The van der Waals surface area contributed by atoms with Crippen LogP contribution in [0.2, 0.25) is 5.02 Å². The van der Waals surface area contributed by atoms with Crippen molar-refractivity contribution >= 4 is 22.9 Å². The van der Waals surface area contributed by atoms with Crippen molar-refractivity contribution in [1.82, 2.24) is 5.32 Å². The van der Waals surface area contributed by atoms with Crippen molar-refractivity contribution < 1.29 is 0 Å². The molecule has 0 amide bonds. The maximum absolute atomic E-state index is 5.73. The molecule has 2 nitrogen and oxygen atoms in total. The van der Waals surface area contributed by atoms with Crippen LogP contribution in [0, 0.1) is 0 Å². The summed E-state index contributed by atoms with van der Waals surface area (Å²) in [7, 11) is 0. The summed E-state index contributed by atoms with van der Waals surface area (Å²) in [5, 5.41) is 5.94. The van der Waals surface area contributed by atoms with Crippen LogP contribution in [0.1, 0.15) is 4.88 Å². The Bertz CT molecular complexity index is 212. The van der Waals surface area contributed by atoms with Crippen molar-refractivity contribution in [3.8, 4) is 0 Å². The summed E-state index contributed by atoms with van der Waals surface area (Å²) in [5.41, 5.74) is 5.31. The Labute approximate surface area is 75.4 Å². The summed E-state index contributed by atoms with van der Waals surface area (Å²) in [6, 6.07) is 1.97. The molecule has 62 valence electrons. The smallest absolute Gasteiger partial charge is 0.0516 e. The van der Waals surface area contributed by atoms with Gasteiger partial charge >= 0.3 is 0 Å². The Balaban J connectivity index is 2.27. The molecule has 1 heterocycles. The number of hydrogen-bond donors (Lipinski definition) is 2. The van der Waals surface area contributed by atoms with Crippen molar-refractivity contribution in [2.45, 2.75) is 6.54 Å². The predicted octanol–water partition coefficient (Wildman–Crippen LogP) is 1.45. The van der Waals surface area contributed by atoms with E-state index in [4.69, 9.17) is 17.3 Å². The van der Waals surface area contributed by atoms with E-state index in [9.17, 15) is 0 Å². The standard InChI is InChI=1S/C7H11ClN2S/c8-6-3-7(11-5-6)4-10-2-1-9/h3,5,10H,1-2,4,9H2. The second-order valence-corrected chi connectivity index (χ2v) is 3.63. The normalized spacial score (nSPS) is 10.4. The molecule has 4 heteroatoms. The molecule has 0 saturated heterocycles. The van der Waals surface area contributed by atoms with Crippen molar-refractivity contribution in [3.05, 3.63) is 21.3 Å². The molecule has 0 aliphatic carbocycles. The highest BCUT2D eigenvalue weighted by molar-refractivity contribution is 7.10. The lowest BCUT2D eigenvalue weighted by atomic mass is 10.4. The zero-order valence-corrected chi connectivity index (χ0v) is 7.71. The molecule has 11 heavy (non-hydrogen) atoms. The van der Waals surface area contributed by atoms with E-state index in [2.05, 4.69) is 5.32 Å². The van der Waals surface area contributed by atoms with Gasteiger partial charge in [-0.1, -0.05) is 11.6 Å². The average Bonchev–Trinajstić information content (AvgIpc) is 2.37. The van der Waals surface area contributed by atoms with E-state index in [0.717, 1.165) is 18.1 Å². The summed E-state index contributed by atoms with van der Waals surface area (Å²) < 4.78 is 0. The number of halogens is 1. The topological polar surface area (TPSA) is 38.0 Å². The third-order valence-electron chi connectivity index (χ3n) is 1.24. The van der Waals surface area contributed by atoms with Gasteiger partial charge in [-0.2, -0.15) is 0 Å². The molecule has 3 N–H and O–H groups in total. The van der Waals surface area contributed by atoms with Crippen LogP contribution in [-0.2, 0) is 6.54 Å². The van der Waals surface area contributed by atoms with E-state index in [1.807, 2.05) is 11.4 Å². The van der Waals surface area contributed by atoms with Crippen LogP contribution in [0.4, 0.5) is 0 Å². The quantitative estimate of drug-likeness (QED) is 0.706. The lowest BCUT2D eigenvalue weighted by molar-refractivity contribution is 0.702. The van der Waals surface area contributed by atoms with E-state index < -0.39 is 0 Å². The molecular formula is C7H11ClN2S. The van der Waals surface area contributed by atoms with E-state index in [1.54, 1.807) is 11.3 Å². The van der Waals surface area contributed by atoms with Gasteiger partial charge in [-0.25, -0.2) is 0 Å². The molecule has 0 spiro atoms. The van der Waals surface area contributed by atoms with Gasteiger partial charge in [0.15, 0.2) is 0 Å². The Morgan fingerprint density at radius 1 is 1.64 bits per heavy atom. The molecule has 0 radical (unpaired) electrons. The fraction of sp³-hybridized carbons (Fsp3) is 0.429. The third kappa shape index (κ3) is 3.20. The highest BCUT2D eigenvalue weighted by Gasteiger charge is 1.95. The molecular weight excluding hydrogens is 180 g/mol. The first kappa shape index (κ1) is 9.00. The third-order valence-corrected chi connectivity index (χ3v) is 2.53. The fourth-order valence-corrected chi connectivity index (χ4v) is 1.80. The summed E-state index contributed by atoms with van der Waals surface area (Å²) in [6.07, 6.45) is 0. The first-order valence-electron chi connectivity index (χ1n) is 3.46. The lowest BCUT2D eigenvalue weighted by Gasteiger charge is -1.97. The van der Waals surface area contributed by atoms with Gasteiger partial charge in [0.1, 0.15) is 0 Å². The number of nitrogens with one attached hydrogen (secondary N) is 1.